The van der Waals surface area contributed by atoms with Gasteiger partial charge in [-0.2, -0.15) is 29.5 Å². The molecule has 0 heterocycles. The lowest BCUT2D eigenvalue weighted by molar-refractivity contribution is -0.139. The molecule has 0 bridgehead atoms. The summed E-state index contributed by atoms with van der Waals surface area (Å²) in [4.78, 5) is 43.7. The molecule has 0 aliphatic carbocycles. The summed E-state index contributed by atoms with van der Waals surface area (Å²) in [5.41, 5.74) is 5.23. The lowest BCUT2D eigenvalue weighted by Crippen LogP contribution is -2.49. The number of nitrogens with one attached hydrogen (secondary N) is 2. The van der Waals surface area contributed by atoms with Crippen molar-refractivity contribution in [2.24, 2.45) is 5.73 Å². The Labute approximate surface area is 175 Å². The van der Waals surface area contributed by atoms with E-state index in [1.807, 2.05) is 0 Å². The molecule has 30 heavy (non-hydrogen) atoms. The molecule has 20 heteroatoms. The zero-order valence-corrected chi connectivity index (χ0v) is 17.3. The van der Waals surface area contributed by atoms with E-state index in [1.54, 1.807) is 0 Å². The van der Waals surface area contributed by atoms with Gasteiger partial charge in [-0.1, -0.05) is 0 Å². The highest BCUT2D eigenvalue weighted by atomic mass is 32.3. The first-order valence-electron chi connectivity index (χ1n) is 7.05. The fourth-order valence-electron chi connectivity index (χ4n) is 1.16. The molecule has 0 aromatic carbocycles. The largest absolute Gasteiger partial charge is 0.480 e. The minimum Gasteiger partial charge on any atom is -0.480 e. The zero-order valence-electron chi connectivity index (χ0n) is 14.8. The molecule has 0 aromatic rings. The van der Waals surface area contributed by atoms with E-state index >= 15 is 0 Å². The van der Waals surface area contributed by atoms with Crippen LogP contribution in [0.5, 0.6) is 0 Å². The molecule has 178 valence electrons. The second kappa shape index (κ2) is 15.7. The van der Waals surface area contributed by atoms with Crippen LogP contribution in [-0.4, -0.2) is 93.4 Å². The van der Waals surface area contributed by atoms with Crippen molar-refractivity contribution >= 4 is 57.2 Å². The molecule has 0 saturated heterocycles. The van der Waals surface area contributed by atoms with E-state index in [0.717, 1.165) is 0 Å². The predicted molar refractivity (Wildman–Crippen MR) is 99.6 cm³/mol. The third-order valence-electron chi connectivity index (χ3n) is 2.25. The molecule has 0 fully saturated rings. The number of aliphatic carboxylic acids is 2. The first-order valence-corrected chi connectivity index (χ1v) is 10.5. The van der Waals surface area contributed by atoms with Crippen molar-refractivity contribution in [3.05, 3.63) is 0 Å². The van der Waals surface area contributed by atoms with E-state index in [0.29, 0.717) is 0 Å². The van der Waals surface area contributed by atoms with E-state index in [-0.39, 0.29) is 18.6 Å². The Hall–Kier alpha value is -2.07. The van der Waals surface area contributed by atoms with E-state index in [1.165, 1.54) is 0 Å². The monoisotopic (exact) mass is 503 g/mol. The average Bonchev–Trinajstić information content (AvgIpc) is 2.51. The third kappa shape index (κ3) is 33.5. The van der Waals surface area contributed by atoms with Crippen molar-refractivity contribution in [3.8, 4) is 0 Å². The smallest absolute Gasteiger partial charge is 0.394 e. The summed E-state index contributed by atoms with van der Waals surface area (Å²) >= 11 is 3.87. The van der Waals surface area contributed by atoms with Crippen molar-refractivity contribution in [1.29, 1.82) is 0 Å². The number of amides is 2. The standard InChI is InChI=1S/C10H17N3O6S.2H2O4S/c11-5(10(18)19)1-2-7(14)13-6(4-20)9(17)12-3-8(15)16;2*1-5(2,3)4/h5-6,20H,1-4,11H2,(H,12,17)(H,13,14)(H,15,16)(H,18,19);2*(H2,1,2,3,4). The highest BCUT2D eigenvalue weighted by Gasteiger charge is 2.20. The fraction of sp³-hybridized carbons (Fsp3) is 0.600. The first-order chi connectivity index (χ1) is 13.3. The molecule has 0 aromatic heterocycles. The van der Waals surface area contributed by atoms with E-state index in [9.17, 15) is 19.2 Å². The summed E-state index contributed by atoms with van der Waals surface area (Å²) in [6, 6.07) is -2.15. The number of nitrogens with two attached hydrogens (primary N) is 1. The van der Waals surface area contributed by atoms with Crippen molar-refractivity contribution in [1.82, 2.24) is 10.6 Å². The number of thiol groups is 1. The number of carboxylic acids is 2. The van der Waals surface area contributed by atoms with Gasteiger partial charge in [-0.3, -0.25) is 37.4 Å². The second-order valence-electron chi connectivity index (χ2n) is 4.79. The van der Waals surface area contributed by atoms with Gasteiger partial charge in [0.15, 0.2) is 0 Å². The fourth-order valence-corrected chi connectivity index (χ4v) is 1.41. The Bertz CT molecular complexity index is 735. The average molecular weight is 503 g/mol. The van der Waals surface area contributed by atoms with Gasteiger partial charge in [0, 0.05) is 12.2 Å². The van der Waals surface area contributed by atoms with Gasteiger partial charge in [0.05, 0.1) is 0 Å². The molecule has 17 nitrogen and oxygen atoms in total. The maximum absolute atomic E-state index is 11.5. The normalized spacial score (nSPS) is 12.6. The van der Waals surface area contributed by atoms with Gasteiger partial charge in [-0.05, 0) is 6.42 Å². The van der Waals surface area contributed by atoms with Gasteiger partial charge in [-0.15, -0.1) is 0 Å². The molecule has 2 unspecified atom stereocenters. The van der Waals surface area contributed by atoms with E-state index in [2.05, 4.69) is 23.3 Å². The van der Waals surface area contributed by atoms with Gasteiger partial charge >= 0.3 is 32.7 Å². The number of rotatable bonds is 9. The van der Waals surface area contributed by atoms with Crippen LogP contribution in [-0.2, 0) is 40.0 Å². The van der Waals surface area contributed by atoms with Gasteiger partial charge < -0.3 is 26.6 Å². The SMILES string of the molecule is NC(CCC(=O)NC(CS)C(=O)NCC(=O)O)C(=O)O.O=S(=O)(O)O.O=S(=O)(O)O. The van der Waals surface area contributed by atoms with Gasteiger partial charge in [-0.25, -0.2) is 0 Å². The van der Waals surface area contributed by atoms with Gasteiger partial charge in [0.2, 0.25) is 11.8 Å². The number of carbonyl (C=O) groups excluding carboxylic acids is 2. The van der Waals surface area contributed by atoms with Crippen LogP contribution in [0.4, 0.5) is 0 Å². The lowest BCUT2D eigenvalue weighted by Gasteiger charge is -2.16. The van der Waals surface area contributed by atoms with Crippen LogP contribution >= 0.6 is 12.6 Å². The Kier molecular flexibility index (Phi) is 17.1. The molecule has 0 spiro atoms. The van der Waals surface area contributed by atoms with Crippen molar-refractivity contribution in [2.45, 2.75) is 24.9 Å². The summed E-state index contributed by atoms with van der Waals surface area (Å²) in [7, 11) is -9.33. The number of hydrogen-bond acceptors (Lipinski definition) is 10. The van der Waals surface area contributed by atoms with E-state index < -0.39 is 63.2 Å². The van der Waals surface area contributed by atoms with Crippen LogP contribution in [0, 0.1) is 0 Å². The zero-order chi connectivity index (χ0) is 24.7. The summed E-state index contributed by atoms with van der Waals surface area (Å²) in [5.74, 6) is -3.70. The molecule has 0 saturated carbocycles. The Morgan fingerprint density at radius 1 is 0.933 bits per heavy atom. The molecule has 0 aliphatic rings. The molecule has 2 amide bonds. The van der Waals surface area contributed by atoms with Crippen LogP contribution in [0.25, 0.3) is 0 Å². The van der Waals surface area contributed by atoms with Crippen molar-refractivity contribution in [3.63, 3.8) is 0 Å². The van der Waals surface area contributed by atoms with Crippen LogP contribution in [0.2, 0.25) is 0 Å². The molecule has 10 N–H and O–H groups in total. The molecular weight excluding hydrogens is 482 g/mol. The predicted octanol–water partition coefficient (Wildman–Crippen LogP) is -3.51. The van der Waals surface area contributed by atoms with Crippen LogP contribution in [0.15, 0.2) is 0 Å². The molecule has 0 rings (SSSR count). The van der Waals surface area contributed by atoms with Crippen LogP contribution < -0.4 is 16.4 Å². The molecular formula is C10H21N3O14S3. The minimum atomic E-state index is -4.67. The van der Waals surface area contributed by atoms with E-state index in [4.69, 9.17) is 51.0 Å². The molecule has 0 radical (unpaired) electrons. The van der Waals surface area contributed by atoms with Crippen LogP contribution in [0.3, 0.4) is 0 Å². The molecule has 2 atom stereocenters. The highest BCUT2D eigenvalue weighted by molar-refractivity contribution is 7.80. The first kappa shape index (κ1) is 32.6. The number of carbonyl (C=O) groups is 4. The Morgan fingerprint density at radius 3 is 1.63 bits per heavy atom. The summed E-state index contributed by atoms with van der Waals surface area (Å²) in [6.45, 7) is -0.567. The molecule has 0 aliphatic heterocycles. The maximum Gasteiger partial charge on any atom is 0.394 e. The minimum absolute atomic E-state index is 0.0256. The highest BCUT2D eigenvalue weighted by Crippen LogP contribution is 1.97. The van der Waals surface area contributed by atoms with Gasteiger partial charge in [0.25, 0.3) is 0 Å². The topological polar surface area (TPSA) is 308 Å². The number of hydrogen-bond donors (Lipinski definition) is 10. The summed E-state index contributed by atoms with van der Waals surface area (Å²) in [6.07, 6.45) is -0.235. The summed E-state index contributed by atoms with van der Waals surface area (Å²) in [5, 5.41) is 21.4. The van der Waals surface area contributed by atoms with Crippen molar-refractivity contribution < 1.29 is 64.4 Å². The Balaban J connectivity index is -0.000000599. The Morgan fingerprint density at radius 2 is 1.33 bits per heavy atom. The summed E-state index contributed by atoms with van der Waals surface area (Å²) < 4.78 is 63.2. The van der Waals surface area contributed by atoms with Crippen LogP contribution in [0.1, 0.15) is 12.8 Å². The third-order valence-corrected chi connectivity index (χ3v) is 2.61. The van der Waals surface area contributed by atoms with Crippen molar-refractivity contribution in [2.75, 3.05) is 12.3 Å². The second-order valence-corrected chi connectivity index (χ2v) is 6.95. The van der Waals surface area contributed by atoms with Gasteiger partial charge in [0.1, 0.15) is 18.6 Å². The quantitative estimate of drug-likeness (QED) is 0.108. The maximum atomic E-state index is 11.5. The number of carboxylic acid groups (broad SMARTS) is 2. The lowest BCUT2D eigenvalue weighted by atomic mass is 10.1.